The van der Waals surface area contributed by atoms with Crippen molar-refractivity contribution < 1.29 is 8.42 Å². The fourth-order valence-corrected chi connectivity index (χ4v) is 6.04. The third kappa shape index (κ3) is 7.62. The maximum absolute atomic E-state index is 12.1. The predicted octanol–water partition coefficient (Wildman–Crippen LogP) is 3.46. The third-order valence-electron chi connectivity index (χ3n) is 4.11. The zero-order valence-electron chi connectivity index (χ0n) is 13.3. The molecule has 0 aromatic rings. The van der Waals surface area contributed by atoms with Gasteiger partial charge in [0.25, 0.3) is 0 Å². The van der Waals surface area contributed by atoms with Gasteiger partial charge in [0.1, 0.15) is 5.37 Å². The second-order valence-electron chi connectivity index (χ2n) is 5.72. The zero-order valence-corrected chi connectivity index (χ0v) is 15.8. The smallest absolute Gasteiger partial charge is 0.166 e. The summed E-state index contributed by atoms with van der Waals surface area (Å²) in [4.78, 5) is 2.20. The number of thioether (sulfide) groups is 1. The molecule has 1 atom stereocenters. The van der Waals surface area contributed by atoms with E-state index in [1.807, 2.05) is 0 Å². The topological polar surface area (TPSA) is 37.4 Å². The Hall–Kier alpha value is 0.610. The monoisotopic (exact) mass is 353 g/mol. The summed E-state index contributed by atoms with van der Waals surface area (Å²) in [5.74, 6) is 3.08. The molecular formula is C15H31NO2S3. The van der Waals surface area contributed by atoms with Gasteiger partial charge in [-0.05, 0) is 25.1 Å². The van der Waals surface area contributed by atoms with Crippen LogP contribution in [0.3, 0.4) is 0 Å². The molecule has 0 aromatic heterocycles. The average Bonchev–Trinajstić information content (AvgIpc) is 2.50. The number of thiol groups is 1. The van der Waals surface area contributed by atoms with E-state index in [1.165, 1.54) is 38.5 Å². The Morgan fingerprint density at radius 2 is 1.71 bits per heavy atom. The number of hydrogen-bond donors (Lipinski definition) is 1. The Morgan fingerprint density at radius 1 is 1.10 bits per heavy atom. The van der Waals surface area contributed by atoms with Gasteiger partial charge in [0, 0.05) is 23.8 Å². The Labute approximate surface area is 141 Å². The predicted molar refractivity (Wildman–Crippen MR) is 98.3 cm³/mol. The summed E-state index contributed by atoms with van der Waals surface area (Å²) in [5, 5.41) is -0.239. The van der Waals surface area contributed by atoms with Gasteiger partial charge in [-0.3, -0.25) is 4.90 Å². The fraction of sp³-hybridized carbons (Fsp3) is 1.00. The Morgan fingerprint density at radius 3 is 2.33 bits per heavy atom. The van der Waals surface area contributed by atoms with E-state index in [0.29, 0.717) is 0 Å². The van der Waals surface area contributed by atoms with Crippen LogP contribution in [0, 0.1) is 0 Å². The van der Waals surface area contributed by atoms with Gasteiger partial charge in [0.15, 0.2) is 9.84 Å². The lowest BCUT2D eigenvalue weighted by atomic mass is 10.1. The molecule has 1 heterocycles. The summed E-state index contributed by atoms with van der Waals surface area (Å²) in [6.45, 7) is 3.63. The number of hydrogen-bond acceptors (Lipinski definition) is 5. The standard InChI is InChI=1S/C15H31NO2S3/c1-2-21(17,18)15-14-20-13-11-16(15)10-8-6-4-3-5-7-9-12-19/h15,19H,2-14H2,1H3. The van der Waals surface area contributed by atoms with Crippen LogP contribution in [-0.4, -0.2) is 54.8 Å². The van der Waals surface area contributed by atoms with Crippen molar-refractivity contribution in [2.75, 3.05) is 36.1 Å². The van der Waals surface area contributed by atoms with Crippen molar-refractivity contribution >= 4 is 34.2 Å². The molecule has 0 aromatic carbocycles. The molecule has 1 unspecified atom stereocenters. The molecule has 0 aliphatic carbocycles. The van der Waals surface area contributed by atoms with Gasteiger partial charge in [0.05, 0.1) is 0 Å². The van der Waals surface area contributed by atoms with Crippen molar-refractivity contribution in [1.82, 2.24) is 4.90 Å². The Bertz CT molecular complexity index is 360. The normalized spacial score (nSPS) is 20.8. The van der Waals surface area contributed by atoms with Crippen molar-refractivity contribution in [1.29, 1.82) is 0 Å². The van der Waals surface area contributed by atoms with Gasteiger partial charge in [-0.1, -0.05) is 39.0 Å². The summed E-state index contributed by atoms with van der Waals surface area (Å²) in [7, 11) is -2.93. The van der Waals surface area contributed by atoms with Gasteiger partial charge in [-0.25, -0.2) is 8.42 Å². The van der Waals surface area contributed by atoms with E-state index < -0.39 is 9.84 Å². The van der Waals surface area contributed by atoms with Gasteiger partial charge in [0.2, 0.25) is 0 Å². The molecule has 0 spiro atoms. The molecule has 1 rings (SSSR count). The highest BCUT2D eigenvalue weighted by atomic mass is 32.2. The van der Waals surface area contributed by atoms with Crippen LogP contribution in [0.1, 0.15) is 51.9 Å². The molecule has 1 aliphatic rings. The first-order valence-corrected chi connectivity index (χ1v) is 11.8. The largest absolute Gasteiger partial charge is 0.286 e. The number of unbranched alkanes of at least 4 members (excludes halogenated alkanes) is 6. The van der Waals surface area contributed by atoms with Gasteiger partial charge in [-0.15, -0.1) is 0 Å². The first-order valence-electron chi connectivity index (χ1n) is 8.26. The number of sulfone groups is 1. The van der Waals surface area contributed by atoms with Crippen molar-refractivity contribution in [2.24, 2.45) is 0 Å². The lowest BCUT2D eigenvalue weighted by Crippen LogP contribution is -2.48. The molecule has 1 fully saturated rings. The molecule has 0 radical (unpaired) electrons. The molecular weight excluding hydrogens is 322 g/mol. The van der Waals surface area contributed by atoms with Crippen molar-refractivity contribution in [3.8, 4) is 0 Å². The molecule has 0 amide bonds. The van der Waals surface area contributed by atoms with E-state index in [4.69, 9.17) is 0 Å². The van der Waals surface area contributed by atoms with Gasteiger partial charge < -0.3 is 0 Å². The Kier molecular flexibility index (Phi) is 10.5. The van der Waals surface area contributed by atoms with E-state index in [2.05, 4.69) is 17.5 Å². The minimum Gasteiger partial charge on any atom is -0.286 e. The third-order valence-corrected chi connectivity index (χ3v) is 7.76. The molecule has 0 N–H and O–H groups in total. The van der Waals surface area contributed by atoms with Gasteiger partial charge >= 0.3 is 0 Å². The lowest BCUT2D eigenvalue weighted by Gasteiger charge is -2.34. The van der Waals surface area contributed by atoms with E-state index in [0.717, 1.165) is 36.8 Å². The first kappa shape index (κ1) is 19.7. The number of nitrogens with zero attached hydrogens (tertiary/aromatic N) is 1. The van der Waals surface area contributed by atoms with Crippen molar-refractivity contribution in [3.63, 3.8) is 0 Å². The second kappa shape index (κ2) is 11.2. The highest BCUT2D eigenvalue weighted by Gasteiger charge is 2.32. The Balaban J connectivity index is 2.20. The van der Waals surface area contributed by atoms with Crippen LogP contribution in [0.4, 0.5) is 0 Å². The number of rotatable bonds is 11. The van der Waals surface area contributed by atoms with Crippen LogP contribution in [0.2, 0.25) is 0 Å². The van der Waals surface area contributed by atoms with Crippen LogP contribution >= 0.6 is 24.4 Å². The van der Waals surface area contributed by atoms with E-state index in [1.54, 1.807) is 18.7 Å². The van der Waals surface area contributed by atoms with Crippen LogP contribution in [0.5, 0.6) is 0 Å². The molecule has 3 nitrogen and oxygen atoms in total. The second-order valence-corrected chi connectivity index (χ2v) is 9.76. The molecule has 1 aliphatic heterocycles. The van der Waals surface area contributed by atoms with E-state index in [9.17, 15) is 8.42 Å². The van der Waals surface area contributed by atoms with Crippen molar-refractivity contribution in [2.45, 2.75) is 57.2 Å². The molecule has 0 saturated carbocycles. The summed E-state index contributed by atoms with van der Waals surface area (Å²) < 4.78 is 24.3. The maximum atomic E-state index is 12.1. The van der Waals surface area contributed by atoms with Crippen LogP contribution in [-0.2, 0) is 9.84 Å². The summed E-state index contributed by atoms with van der Waals surface area (Å²) in [6.07, 6.45) is 8.78. The highest BCUT2D eigenvalue weighted by molar-refractivity contribution is 8.01. The fourth-order valence-electron chi connectivity index (χ4n) is 2.70. The highest BCUT2D eigenvalue weighted by Crippen LogP contribution is 2.22. The molecule has 21 heavy (non-hydrogen) atoms. The van der Waals surface area contributed by atoms with Crippen LogP contribution in [0.25, 0.3) is 0 Å². The molecule has 1 saturated heterocycles. The minimum atomic E-state index is -2.93. The van der Waals surface area contributed by atoms with Crippen LogP contribution < -0.4 is 0 Å². The van der Waals surface area contributed by atoms with E-state index in [-0.39, 0.29) is 11.1 Å². The zero-order chi connectivity index (χ0) is 15.6. The quantitative estimate of drug-likeness (QED) is 0.456. The molecule has 0 bridgehead atoms. The molecule has 126 valence electrons. The van der Waals surface area contributed by atoms with Crippen LogP contribution in [0.15, 0.2) is 0 Å². The molecule has 6 heteroatoms. The summed E-state index contributed by atoms with van der Waals surface area (Å²) in [6, 6.07) is 0. The van der Waals surface area contributed by atoms with Crippen molar-refractivity contribution in [3.05, 3.63) is 0 Å². The minimum absolute atomic E-state index is 0.239. The average molecular weight is 354 g/mol. The summed E-state index contributed by atoms with van der Waals surface area (Å²) in [5.41, 5.74) is 0. The maximum Gasteiger partial charge on any atom is 0.166 e. The van der Waals surface area contributed by atoms with E-state index >= 15 is 0 Å². The first-order chi connectivity index (χ1) is 10.1. The lowest BCUT2D eigenvalue weighted by molar-refractivity contribution is 0.263. The summed E-state index contributed by atoms with van der Waals surface area (Å²) >= 11 is 6.00. The van der Waals surface area contributed by atoms with Gasteiger partial charge in [-0.2, -0.15) is 24.4 Å². The SMILES string of the molecule is CCS(=O)(=O)C1CSCCN1CCCCCCCCCS.